The van der Waals surface area contributed by atoms with Crippen molar-refractivity contribution in [2.24, 2.45) is 5.10 Å². The second kappa shape index (κ2) is 7.11. The molecule has 0 atom stereocenters. The van der Waals surface area contributed by atoms with Crippen molar-refractivity contribution in [2.45, 2.75) is 0 Å². The largest absolute Gasteiger partial charge is 0.483 e. The molecule has 1 heterocycles. The summed E-state index contributed by atoms with van der Waals surface area (Å²) in [6.45, 7) is -0.103. The van der Waals surface area contributed by atoms with Gasteiger partial charge in [0.15, 0.2) is 6.61 Å². The number of halogens is 1. The number of rotatable bonds is 5. The zero-order chi connectivity index (χ0) is 16.1. The minimum Gasteiger partial charge on any atom is -0.483 e. The van der Waals surface area contributed by atoms with Gasteiger partial charge >= 0.3 is 0 Å². The molecule has 0 aliphatic carbocycles. The smallest absolute Gasteiger partial charge is 0.277 e. The number of para-hydroxylation sites is 2. The van der Waals surface area contributed by atoms with Gasteiger partial charge in [0.2, 0.25) is 0 Å². The third-order valence-corrected chi connectivity index (χ3v) is 3.86. The molecule has 3 aromatic rings. The minimum atomic E-state index is -0.322. The van der Waals surface area contributed by atoms with Gasteiger partial charge in [0, 0.05) is 22.7 Å². The van der Waals surface area contributed by atoms with E-state index in [0.29, 0.717) is 5.75 Å². The molecule has 2 N–H and O–H groups in total. The zero-order valence-electron chi connectivity index (χ0n) is 12.1. The Kier molecular flexibility index (Phi) is 4.73. The molecule has 0 aliphatic heterocycles. The number of ether oxygens (including phenoxy) is 1. The third-order valence-electron chi connectivity index (χ3n) is 3.21. The number of H-pyrrole nitrogens is 1. The SMILES string of the molecule is O=C(COc1ccccc1Br)NN=Cc1c[nH]c2ccccc12. The number of nitrogens with zero attached hydrogens (tertiary/aromatic N) is 1. The fraction of sp³-hybridized carbons (Fsp3) is 0.0588. The summed E-state index contributed by atoms with van der Waals surface area (Å²) in [6, 6.07) is 15.2. The van der Waals surface area contributed by atoms with Gasteiger partial charge < -0.3 is 9.72 Å². The lowest BCUT2D eigenvalue weighted by molar-refractivity contribution is -0.123. The number of fused-ring (bicyclic) bond motifs is 1. The van der Waals surface area contributed by atoms with Gasteiger partial charge in [0.05, 0.1) is 10.7 Å². The van der Waals surface area contributed by atoms with Crippen molar-refractivity contribution in [2.75, 3.05) is 6.61 Å². The van der Waals surface area contributed by atoms with Crippen LogP contribution in [-0.2, 0) is 4.79 Å². The van der Waals surface area contributed by atoms with E-state index < -0.39 is 0 Å². The summed E-state index contributed by atoms with van der Waals surface area (Å²) in [5.41, 5.74) is 4.39. The van der Waals surface area contributed by atoms with E-state index in [-0.39, 0.29) is 12.5 Å². The number of aromatic amines is 1. The summed E-state index contributed by atoms with van der Waals surface area (Å²) < 4.78 is 6.22. The van der Waals surface area contributed by atoms with Crippen LogP contribution in [0, 0.1) is 0 Å². The van der Waals surface area contributed by atoms with Crippen LogP contribution in [0.15, 0.2) is 64.3 Å². The van der Waals surface area contributed by atoms with E-state index >= 15 is 0 Å². The first kappa shape index (κ1) is 15.3. The van der Waals surface area contributed by atoms with Crippen molar-refractivity contribution in [1.82, 2.24) is 10.4 Å². The van der Waals surface area contributed by atoms with Crippen LogP contribution >= 0.6 is 15.9 Å². The Bertz CT molecular complexity index is 858. The van der Waals surface area contributed by atoms with E-state index in [4.69, 9.17) is 4.74 Å². The Labute approximate surface area is 141 Å². The Hall–Kier alpha value is -2.60. The van der Waals surface area contributed by atoms with E-state index in [0.717, 1.165) is 20.9 Å². The van der Waals surface area contributed by atoms with E-state index in [1.54, 1.807) is 12.3 Å². The van der Waals surface area contributed by atoms with Gasteiger partial charge in [0.25, 0.3) is 5.91 Å². The van der Waals surface area contributed by atoms with E-state index in [9.17, 15) is 4.79 Å². The summed E-state index contributed by atoms with van der Waals surface area (Å²) in [4.78, 5) is 14.9. The standard InChI is InChI=1S/C17H14BrN3O2/c18-14-6-2-4-8-16(14)23-11-17(22)21-20-10-12-9-19-15-7-3-1-5-13(12)15/h1-10,19H,11H2,(H,21,22). The first-order chi connectivity index (χ1) is 11.2. The highest BCUT2D eigenvalue weighted by Crippen LogP contribution is 2.23. The second-order valence-corrected chi connectivity index (χ2v) is 5.66. The molecule has 5 nitrogen and oxygen atoms in total. The number of carbonyl (C=O) groups is 1. The van der Waals surface area contributed by atoms with Crippen molar-refractivity contribution in [3.8, 4) is 5.75 Å². The molecule has 6 heteroatoms. The lowest BCUT2D eigenvalue weighted by atomic mass is 10.2. The number of carbonyl (C=O) groups excluding carboxylic acids is 1. The molecule has 0 saturated carbocycles. The summed E-state index contributed by atoms with van der Waals surface area (Å²) in [6.07, 6.45) is 3.45. The van der Waals surface area contributed by atoms with E-state index in [2.05, 4.69) is 31.4 Å². The van der Waals surface area contributed by atoms with Crippen LogP contribution < -0.4 is 10.2 Å². The Morgan fingerprint density at radius 2 is 2.00 bits per heavy atom. The van der Waals surface area contributed by atoms with Crippen molar-refractivity contribution >= 4 is 39.0 Å². The van der Waals surface area contributed by atoms with Crippen LogP contribution in [-0.4, -0.2) is 23.7 Å². The first-order valence-electron chi connectivity index (χ1n) is 6.99. The lowest BCUT2D eigenvalue weighted by Crippen LogP contribution is -2.24. The van der Waals surface area contributed by atoms with Crippen molar-refractivity contribution in [1.29, 1.82) is 0 Å². The summed E-state index contributed by atoms with van der Waals surface area (Å²) >= 11 is 3.36. The minimum absolute atomic E-state index is 0.103. The molecule has 23 heavy (non-hydrogen) atoms. The van der Waals surface area contributed by atoms with Gasteiger partial charge in [-0.3, -0.25) is 4.79 Å². The van der Waals surface area contributed by atoms with Gasteiger partial charge in [-0.15, -0.1) is 0 Å². The number of hydrogen-bond donors (Lipinski definition) is 2. The molecule has 1 amide bonds. The molecule has 0 unspecified atom stereocenters. The van der Waals surface area contributed by atoms with E-state index in [1.165, 1.54) is 0 Å². The van der Waals surface area contributed by atoms with Crippen LogP contribution in [0.1, 0.15) is 5.56 Å². The van der Waals surface area contributed by atoms with Crippen molar-refractivity contribution < 1.29 is 9.53 Å². The van der Waals surface area contributed by atoms with Gasteiger partial charge in [0.1, 0.15) is 5.75 Å². The summed E-state index contributed by atoms with van der Waals surface area (Å²) in [7, 11) is 0. The molecular weight excluding hydrogens is 358 g/mol. The predicted octanol–water partition coefficient (Wildman–Crippen LogP) is 3.46. The van der Waals surface area contributed by atoms with Crippen LogP contribution in [0.25, 0.3) is 10.9 Å². The highest BCUT2D eigenvalue weighted by molar-refractivity contribution is 9.10. The monoisotopic (exact) mass is 371 g/mol. The second-order valence-electron chi connectivity index (χ2n) is 4.80. The number of hydrogen-bond acceptors (Lipinski definition) is 3. The van der Waals surface area contributed by atoms with Gasteiger partial charge in [-0.05, 0) is 34.1 Å². The summed E-state index contributed by atoms with van der Waals surface area (Å²) in [5.74, 6) is 0.292. The Morgan fingerprint density at radius 1 is 1.22 bits per heavy atom. The maximum atomic E-state index is 11.7. The number of benzene rings is 2. The number of nitrogens with one attached hydrogen (secondary N) is 2. The molecule has 0 aliphatic rings. The molecule has 0 fully saturated rings. The molecule has 0 spiro atoms. The Morgan fingerprint density at radius 3 is 2.87 bits per heavy atom. The molecule has 0 saturated heterocycles. The molecule has 2 aromatic carbocycles. The maximum Gasteiger partial charge on any atom is 0.277 e. The number of aromatic nitrogens is 1. The normalized spacial score (nSPS) is 11.0. The molecular formula is C17H14BrN3O2. The lowest BCUT2D eigenvalue weighted by Gasteiger charge is -2.06. The molecule has 3 rings (SSSR count). The van der Waals surface area contributed by atoms with Crippen LogP contribution in [0.3, 0.4) is 0 Å². The first-order valence-corrected chi connectivity index (χ1v) is 7.78. The average molecular weight is 372 g/mol. The maximum absolute atomic E-state index is 11.7. The van der Waals surface area contributed by atoms with Gasteiger partial charge in [-0.2, -0.15) is 5.10 Å². The molecule has 0 radical (unpaired) electrons. The Balaban J connectivity index is 1.55. The topological polar surface area (TPSA) is 66.5 Å². The van der Waals surface area contributed by atoms with Crippen molar-refractivity contribution in [3.05, 3.63) is 64.8 Å². The zero-order valence-corrected chi connectivity index (χ0v) is 13.7. The van der Waals surface area contributed by atoms with Gasteiger partial charge in [-0.25, -0.2) is 5.43 Å². The average Bonchev–Trinajstić information content (AvgIpc) is 2.98. The van der Waals surface area contributed by atoms with Crippen molar-refractivity contribution in [3.63, 3.8) is 0 Å². The summed E-state index contributed by atoms with van der Waals surface area (Å²) in [5, 5.41) is 5.01. The van der Waals surface area contributed by atoms with Gasteiger partial charge in [-0.1, -0.05) is 30.3 Å². The fourth-order valence-electron chi connectivity index (χ4n) is 2.11. The number of amides is 1. The number of hydrazone groups is 1. The third kappa shape index (κ3) is 3.78. The predicted molar refractivity (Wildman–Crippen MR) is 93.7 cm³/mol. The molecule has 0 bridgehead atoms. The highest BCUT2D eigenvalue weighted by atomic mass is 79.9. The fourth-order valence-corrected chi connectivity index (χ4v) is 2.51. The quantitative estimate of drug-likeness (QED) is 0.532. The van der Waals surface area contributed by atoms with Crippen LogP contribution in [0.2, 0.25) is 0 Å². The molecule has 116 valence electrons. The van der Waals surface area contributed by atoms with Crippen LogP contribution in [0.4, 0.5) is 0 Å². The highest BCUT2D eigenvalue weighted by Gasteiger charge is 2.04. The van der Waals surface area contributed by atoms with Crippen LogP contribution in [0.5, 0.6) is 5.75 Å². The molecule has 1 aromatic heterocycles. The van der Waals surface area contributed by atoms with E-state index in [1.807, 2.05) is 48.7 Å².